The molecule has 0 saturated carbocycles. The molecule has 1 aliphatic heterocycles. The summed E-state index contributed by atoms with van der Waals surface area (Å²) in [7, 11) is 0. The number of nitrogens with zero attached hydrogens (tertiary/aromatic N) is 1. The molecule has 0 radical (unpaired) electrons. The van der Waals surface area contributed by atoms with Crippen LogP contribution < -0.4 is 5.32 Å². The molecule has 3 heteroatoms. The Morgan fingerprint density at radius 3 is 2.82 bits per heavy atom. The Morgan fingerprint density at radius 1 is 1.47 bits per heavy atom. The SMILES string of the molecule is C=C1NCCc2cc(C(C)(C)C#N)cc(F)c21. The molecule has 1 aromatic carbocycles. The fourth-order valence-electron chi connectivity index (χ4n) is 2.06. The van der Waals surface area contributed by atoms with Crippen molar-refractivity contribution >= 4 is 5.70 Å². The maximum absolute atomic E-state index is 14.0. The van der Waals surface area contributed by atoms with Crippen LogP contribution in [-0.4, -0.2) is 6.54 Å². The number of nitrogens with one attached hydrogen (secondary N) is 1. The lowest BCUT2D eigenvalue weighted by atomic mass is 9.83. The van der Waals surface area contributed by atoms with E-state index in [1.54, 1.807) is 13.8 Å². The van der Waals surface area contributed by atoms with Crippen molar-refractivity contribution in [3.8, 4) is 6.07 Å². The van der Waals surface area contributed by atoms with Crippen LogP contribution in [0.15, 0.2) is 18.7 Å². The summed E-state index contributed by atoms with van der Waals surface area (Å²) < 4.78 is 14.0. The van der Waals surface area contributed by atoms with Crippen molar-refractivity contribution in [1.29, 1.82) is 5.26 Å². The van der Waals surface area contributed by atoms with Gasteiger partial charge in [-0.25, -0.2) is 4.39 Å². The normalized spacial score (nSPS) is 14.8. The molecule has 0 amide bonds. The smallest absolute Gasteiger partial charge is 0.133 e. The molecule has 0 atom stereocenters. The van der Waals surface area contributed by atoms with Gasteiger partial charge in [0.2, 0.25) is 0 Å². The van der Waals surface area contributed by atoms with Gasteiger partial charge in [-0.3, -0.25) is 0 Å². The standard InChI is InChI=1S/C14H15FN2/c1-9-13-10(4-5-17-9)6-11(7-12(13)15)14(2,3)8-16/h6-7,17H,1,4-5H2,2-3H3. The maximum Gasteiger partial charge on any atom is 0.133 e. The van der Waals surface area contributed by atoms with Crippen LogP contribution in [0.25, 0.3) is 5.70 Å². The van der Waals surface area contributed by atoms with Crippen molar-refractivity contribution in [3.63, 3.8) is 0 Å². The summed E-state index contributed by atoms with van der Waals surface area (Å²) >= 11 is 0. The van der Waals surface area contributed by atoms with Crippen LogP contribution in [0.5, 0.6) is 0 Å². The molecular formula is C14H15FN2. The minimum absolute atomic E-state index is 0.293. The molecule has 0 aromatic heterocycles. The van der Waals surface area contributed by atoms with Crippen LogP contribution in [0.4, 0.5) is 4.39 Å². The van der Waals surface area contributed by atoms with Gasteiger partial charge < -0.3 is 5.32 Å². The first kappa shape index (κ1) is 11.7. The van der Waals surface area contributed by atoms with Gasteiger partial charge in [-0.2, -0.15) is 5.26 Å². The third-order valence-electron chi connectivity index (χ3n) is 3.21. The fourth-order valence-corrected chi connectivity index (χ4v) is 2.06. The number of halogens is 1. The summed E-state index contributed by atoms with van der Waals surface area (Å²) in [5.41, 5.74) is 2.19. The minimum Gasteiger partial charge on any atom is -0.385 e. The average molecular weight is 230 g/mol. The highest BCUT2D eigenvalue weighted by Crippen LogP contribution is 2.30. The second-order valence-electron chi connectivity index (χ2n) is 4.88. The number of fused-ring (bicyclic) bond motifs is 1. The van der Waals surface area contributed by atoms with Crippen molar-refractivity contribution in [2.24, 2.45) is 0 Å². The Bertz CT molecular complexity index is 524. The van der Waals surface area contributed by atoms with E-state index >= 15 is 0 Å². The van der Waals surface area contributed by atoms with Gasteiger partial charge in [0.25, 0.3) is 0 Å². The van der Waals surface area contributed by atoms with Gasteiger partial charge in [0.15, 0.2) is 0 Å². The van der Waals surface area contributed by atoms with Crippen molar-refractivity contribution in [2.75, 3.05) is 6.54 Å². The lowest BCUT2D eigenvalue weighted by Gasteiger charge is -2.24. The van der Waals surface area contributed by atoms with Gasteiger partial charge >= 0.3 is 0 Å². The lowest BCUT2D eigenvalue weighted by molar-refractivity contribution is 0.599. The Morgan fingerprint density at radius 2 is 2.18 bits per heavy atom. The van der Waals surface area contributed by atoms with Gasteiger partial charge in [-0.15, -0.1) is 0 Å². The third kappa shape index (κ3) is 1.91. The molecule has 17 heavy (non-hydrogen) atoms. The molecule has 0 spiro atoms. The zero-order valence-electron chi connectivity index (χ0n) is 10.1. The van der Waals surface area contributed by atoms with E-state index in [1.807, 2.05) is 6.07 Å². The molecular weight excluding hydrogens is 215 g/mol. The van der Waals surface area contributed by atoms with E-state index in [-0.39, 0.29) is 5.82 Å². The minimum atomic E-state index is -0.665. The topological polar surface area (TPSA) is 35.8 Å². The zero-order chi connectivity index (χ0) is 12.6. The largest absolute Gasteiger partial charge is 0.385 e. The van der Waals surface area contributed by atoms with E-state index in [0.29, 0.717) is 11.3 Å². The predicted octanol–water partition coefficient (Wildman–Crippen LogP) is 2.74. The highest BCUT2D eigenvalue weighted by Gasteiger charge is 2.25. The van der Waals surface area contributed by atoms with Gasteiger partial charge in [0, 0.05) is 17.8 Å². The van der Waals surface area contributed by atoms with Crippen molar-refractivity contribution in [1.82, 2.24) is 5.32 Å². The molecule has 0 unspecified atom stereocenters. The van der Waals surface area contributed by atoms with Crippen LogP contribution in [0.3, 0.4) is 0 Å². The summed E-state index contributed by atoms with van der Waals surface area (Å²) in [5, 5.41) is 12.1. The Hall–Kier alpha value is -1.82. The van der Waals surface area contributed by atoms with E-state index in [2.05, 4.69) is 18.0 Å². The van der Waals surface area contributed by atoms with Gasteiger partial charge in [0.05, 0.1) is 11.5 Å². The number of nitriles is 1. The van der Waals surface area contributed by atoms with Crippen LogP contribution in [0, 0.1) is 17.1 Å². The van der Waals surface area contributed by atoms with Crippen molar-refractivity contribution in [3.05, 3.63) is 41.2 Å². The first-order valence-corrected chi connectivity index (χ1v) is 5.63. The Balaban J connectivity index is 2.60. The van der Waals surface area contributed by atoms with E-state index in [9.17, 15) is 4.39 Å². The second kappa shape index (κ2) is 3.89. The third-order valence-corrected chi connectivity index (χ3v) is 3.21. The maximum atomic E-state index is 14.0. The number of benzene rings is 1. The molecule has 0 bridgehead atoms. The average Bonchev–Trinajstić information content (AvgIpc) is 2.28. The molecule has 2 nitrogen and oxygen atoms in total. The quantitative estimate of drug-likeness (QED) is 0.805. The number of rotatable bonds is 1. The number of hydrogen-bond donors (Lipinski definition) is 1. The van der Waals surface area contributed by atoms with Crippen LogP contribution in [0.1, 0.15) is 30.5 Å². The Labute approximate surface area is 101 Å². The van der Waals surface area contributed by atoms with Gasteiger partial charge in [-0.05, 0) is 37.5 Å². The number of hydrogen-bond acceptors (Lipinski definition) is 2. The van der Waals surface area contributed by atoms with Crippen molar-refractivity contribution in [2.45, 2.75) is 25.7 Å². The Kier molecular flexibility index (Phi) is 2.66. The van der Waals surface area contributed by atoms with E-state index in [4.69, 9.17) is 5.26 Å². The van der Waals surface area contributed by atoms with Crippen LogP contribution in [-0.2, 0) is 11.8 Å². The molecule has 2 rings (SSSR count). The zero-order valence-corrected chi connectivity index (χ0v) is 10.1. The van der Waals surface area contributed by atoms with E-state index in [0.717, 1.165) is 24.1 Å². The lowest BCUT2D eigenvalue weighted by Crippen LogP contribution is -2.24. The fraction of sp³-hybridized carbons (Fsp3) is 0.357. The predicted molar refractivity (Wildman–Crippen MR) is 65.8 cm³/mol. The van der Waals surface area contributed by atoms with Gasteiger partial charge in [0.1, 0.15) is 5.82 Å². The highest BCUT2D eigenvalue weighted by atomic mass is 19.1. The van der Waals surface area contributed by atoms with E-state index in [1.165, 1.54) is 6.07 Å². The first-order chi connectivity index (χ1) is 7.95. The molecule has 1 heterocycles. The summed E-state index contributed by atoms with van der Waals surface area (Å²) in [6.45, 7) is 8.17. The van der Waals surface area contributed by atoms with E-state index < -0.39 is 5.41 Å². The second-order valence-corrected chi connectivity index (χ2v) is 4.88. The van der Waals surface area contributed by atoms with Crippen LogP contribution >= 0.6 is 0 Å². The monoisotopic (exact) mass is 230 g/mol. The summed E-state index contributed by atoms with van der Waals surface area (Å²) in [4.78, 5) is 0. The molecule has 0 aliphatic carbocycles. The van der Waals surface area contributed by atoms with Crippen LogP contribution in [0.2, 0.25) is 0 Å². The molecule has 0 fully saturated rings. The summed E-state index contributed by atoms with van der Waals surface area (Å²) in [5.74, 6) is -0.293. The highest BCUT2D eigenvalue weighted by molar-refractivity contribution is 5.68. The van der Waals surface area contributed by atoms with Gasteiger partial charge in [-0.1, -0.05) is 12.6 Å². The first-order valence-electron chi connectivity index (χ1n) is 5.63. The molecule has 1 N–H and O–H groups in total. The molecule has 88 valence electrons. The molecule has 1 aliphatic rings. The molecule has 0 saturated heterocycles. The summed E-state index contributed by atoms with van der Waals surface area (Å²) in [6, 6.07) is 5.57. The molecule has 1 aromatic rings. The van der Waals surface area contributed by atoms with Crippen molar-refractivity contribution < 1.29 is 4.39 Å². The summed E-state index contributed by atoms with van der Waals surface area (Å²) in [6.07, 6.45) is 0.765.